The van der Waals surface area contributed by atoms with E-state index in [0.29, 0.717) is 0 Å². The van der Waals surface area contributed by atoms with Crippen molar-refractivity contribution in [3.63, 3.8) is 0 Å². The average Bonchev–Trinajstić information content (AvgIpc) is 2.33. The van der Waals surface area contributed by atoms with E-state index in [1.807, 2.05) is 13.0 Å². The molecule has 0 atom stereocenters. The Morgan fingerprint density at radius 2 is 2.28 bits per heavy atom. The fourth-order valence-electron chi connectivity index (χ4n) is 1.91. The molecular formula is C13H19FIN3. The predicted molar refractivity (Wildman–Crippen MR) is 83.2 cm³/mol. The van der Waals surface area contributed by atoms with Crippen LogP contribution < -0.4 is 10.6 Å². The summed E-state index contributed by atoms with van der Waals surface area (Å²) < 4.78 is 12.9. The van der Waals surface area contributed by atoms with E-state index in [1.165, 1.54) is 11.6 Å². The van der Waals surface area contributed by atoms with Crippen LogP contribution in [0.3, 0.4) is 0 Å². The minimum Gasteiger partial charge on any atom is -0.356 e. The molecule has 0 fully saturated rings. The number of benzene rings is 1. The van der Waals surface area contributed by atoms with Crippen LogP contribution in [-0.4, -0.2) is 25.6 Å². The first-order valence-electron chi connectivity index (χ1n) is 6.03. The van der Waals surface area contributed by atoms with E-state index in [1.54, 1.807) is 6.07 Å². The van der Waals surface area contributed by atoms with Gasteiger partial charge in [-0.3, -0.25) is 4.99 Å². The Labute approximate surface area is 124 Å². The summed E-state index contributed by atoms with van der Waals surface area (Å²) in [4.78, 5) is 4.33. The summed E-state index contributed by atoms with van der Waals surface area (Å²) in [6.07, 6.45) is 1.98. The van der Waals surface area contributed by atoms with Crippen molar-refractivity contribution in [2.24, 2.45) is 4.99 Å². The van der Waals surface area contributed by atoms with Crippen molar-refractivity contribution in [3.8, 4) is 0 Å². The zero-order valence-corrected chi connectivity index (χ0v) is 12.8. The monoisotopic (exact) mass is 363 g/mol. The lowest BCUT2D eigenvalue weighted by atomic mass is 10.1. The fraction of sp³-hybridized carbons (Fsp3) is 0.462. The second-order valence-electron chi connectivity index (χ2n) is 4.26. The molecule has 0 aromatic heterocycles. The molecule has 0 unspecified atom stereocenters. The van der Waals surface area contributed by atoms with E-state index in [9.17, 15) is 4.39 Å². The first-order valence-corrected chi connectivity index (χ1v) is 6.03. The van der Waals surface area contributed by atoms with E-state index in [2.05, 4.69) is 15.6 Å². The molecule has 1 aliphatic heterocycles. The van der Waals surface area contributed by atoms with Gasteiger partial charge in [0.1, 0.15) is 5.82 Å². The third-order valence-corrected chi connectivity index (χ3v) is 2.89. The number of nitrogens with one attached hydrogen (secondary N) is 2. The van der Waals surface area contributed by atoms with E-state index in [0.717, 1.165) is 44.0 Å². The summed E-state index contributed by atoms with van der Waals surface area (Å²) in [5.41, 5.74) is 2.18. The van der Waals surface area contributed by atoms with Gasteiger partial charge in [-0.05, 0) is 43.0 Å². The Bertz CT molecular complexity index is 421. The van der Waals surface area contributed by atoms with Gasteiger partial charge in [0.25, 0.3) is 0 Å². The van der Waals surface area contributed by atoms with Gasteiger partial charge >= 0.3 is 0 Å². The van der Waals surface area contributed by atoms with E-state index < -0.39 is 0 Å². The zero-order valence-electron chi connectivity index (χ0n) is 10.5. The van der Waals surface area contributed by atoms with Crippen LogP contribution >= 0.6 is 24.0 Å². The van der Waals surface area contributed by atoms with Crippen LogP contribution in [0, 0.1) is 12.7 Å². The van der Waals surface area contributed by atoms with Gasteiger partial charge in [-0.2, -0.15) is 0 Å². The lowest BCUT2D eigenvalue weighted by molar-refractivity contribution is 0.625. The molecular weight excluding hydrogens is 344 g/mol. The van der Waals surface area contributed by atoms with Crippen molar-refractivity contribution in [1.82, 2.24) is 10.6 Å². The number of nitrogens with zero attached hydrogens (tertiary/aromatic N) is 1. The molecule has 1 aliphatic rings. The van der Waals surface area contributed by atoms with Crippen LogP contribution in [0.4, 0.5) is 4.39 Å². The number of aliphatic imine (C=N–C) groups is 1. The average molecular weight is 363 g/mol. The first-order chi connectivity index (χ1) is 8.25. The molecule has 1 heterocycles. The summed E-state index contributed by atoms with van der Waals surface area (Å²) >= 11 is 0. The molecule has 1 aromatic rings. The third-order valence-electron chi connectivity index (χ3n) is 2.89. The fourth-order valence-corrected chi connectivity index (χ4v) is 1.91. The van der Waals surface area contributed by atoms with Crippen LogP contribution in [0.1, 0.15) is 17.5 Å². The molecule has 0 amide bonds. The van der Waals surface area contributed by atoms with Crippen LogP contribution in [0.5, 0.6) is 0 Å². The van der Waals surface area contributed by atoms with Crippen LogP contribution in [0.25, 0.3) is 0 Å². The van der Waals surface area contributed by atoms with Crippen LogP contribution in [-0.2, 0) is 6.42 Å². The first kappa shape index (κ1) is 15.2. The summed E-state index contributed by atoms with van der Waals surface area (Å²) in [6.45, 7) is 4.64. The van der Waals surface area contributed by atoms with Gasteiger partial charge in [0.15, 0.2) is 5.96 Å². The summed E-state index contributed by atoms with van der Waals surface area (Å²) in [6, 6.07) is 4.94. The molecule has 0 spiro atoms. The molecule has 0 saturated heterocycles. The number of aryl methyl sites for hydroxylation is 1. The molecule has 0 saturated carbocycles. The van der Waals surface area contributed by atoms with Crippen molar-refractivity contribution in [2.75, 3.05) is 19.6 Å². The number of guanidine groups is 1. The van der Waals surface area contributed by atoms with Gasteiger partial charge in [0.05, 0.1) is 0 Å². The quantitative estimate of drug-likeness (QED) is 0.809. The molecule has 5 heteroatoms. The molecule has 2 N–H and O–H groups in total. The maximum absolute atomic E-state index is 12.9. The zero-order chi connectivity index (χ0) is 12.1. The van der Waals surface area contributed by atoms with E-state index in [4.69, 9.17) is 0 Å². The lowest BCUT2D eigenvalue weighted by Gasteiger charge is -2.16. The van der Waals surface area contributed by atoms with E-state index >= 15 is 0 Å². The Morgan fingerprint density at radius 3 is 2.94 bits per heavy atom. The highest BCUT2D eigenvalue weighted by Gasteiger charge is 2.04. The van der Waals surface area contributed by atoms with Gasteiger partial charge in [-0.25, -0.2) is 4.39 Å². The normalized spacial score (nSPS) is 14.2. The second kappa shape index (κ2) is 7.56. The number of rotatable bonds is 3. The minimum atomic E-state index is -0.169. The minimum absolute atomic E-state index is 0. The molecule has 0 aliphatic carbocycles. The van der Waals surface area contributed by atoms with Gasteiger partial charge in [-0.15, -0.1) is 24.0 Å². The smallest absolute Gasteiger partial charge is 0.191 e. The molecule has 0 radical (unpaired) electrons. The second-order valence-corrected chi connectivity index (χ2v) is 4.26. The van der Waals surface area contributed by atoms with Crippen LogP contribution in [0.15, 0.2) is 23.2 Å². The van der Waals surface area contributed by atoms with Gasteiger partial charge in [-0.1, -0.05) is 6.07 Å². The maximum atomic E-state index is 12.9. The summed E-state index contributed by atoms with van der Waals surface area (Å²) in [7, 11) is 0. The lowest BCUT2D eigenvalue weighted by Crippen LogP contribution is -2.41. The van der Waals surface area contributed by atoms with Crippen molar-refractivity contribution < 1.29 is 4.39 Å². The SMILES string of the molecule is Cc1cc(F)ccc1CCNC1=NCCCN1.I. The Hall–Kier alpha value is -0.850. The number of hydrogen-bond donors (Lipinski definition) is 2. The van der Waals surface area contributed by atoms with Crippen molar-refractivity contribution >= 4 is 29.9 Å². The van der Waals surface area contributed by atoms with Crippen molar-refractivity contribution in [1.29, 1.82) is 0 Å². The molecule has 18 heavy (non-hydrogen) atoms. The van der Waals surface area contributed by atoms with Crippen LogP contribution in [0.2, 0.25) is 0 Å². The Morgan fingerprint density at radius 1 is 1.44 bits per heavy atom. The van der Waals surface area contributed by atoms with E-state index in [-0.39, 0.29) is 29.8 Å². The summed E-state index contributed by atoms with van der Waals surface area (Å²) in [5, 5.41) is 6.47. The predicted octanol–water partition coefficient (Wildman–Crippen LogP) is 2.23. The van der Waals surface area contributed by atoms with Gasteiger partial charge in [0.2, 0.25) is 0 Å². The van der Waals surface area contributed by atoms with Gasteiger partial charge < -0.3 is 10.6 Å². The maximum Gasteiger partial charge on any atom is 0.191 e. The topological polar surface area (TPSA) is 36.4 Å². The molecule has 2 rings (SSSR count). The highest BCUT2D eigenvalue weighted by atomic mass is 127. The molecule has 100 valence electrons. The molecule has 0 bridgehead atoms. The highest BCUT2D eigenvalue weighted by Crippen LogP contribution is 2.10. The summed E-state index contributed by atoms with van der Waals surface area (Å²) in [5.74, 6) is 0.716. The largest absolute Gasteiger partial charge is 0.356 e. The third kappa shape index (κ3) is 4.44. The van der Waals surface area contributed by atoms with Crippen molar-refractivity contribution in [3.05, 3.63) is 35.1 Å². The standard InChI is InChI=1S/C13H18FN3.HI/c1-10-9-12(14)4-3-11(10)5-8-17-13-15-6-2-7-16-13;/h3-4,9H,2,5-8H2,1H3,(H2,15,16,17);1H. The highest BCUT2D eigenvalue weighted by molar-refractivity contribution is 14.0. The Balaban J connectivity index is 0.00000162. The molecule has 1 aromatic carbocycles. The van der Waals surface area contributed by atoms with Gasteiger partial charge in [0, 0.05) is 19.6 Å². The number of hydrogen-bond acceptors (Lipinski definition) is 3. The molecule has 3 nitrogen and oxygen atoms in total. The van der Waals surface area contributed by atoms with Crippen molar-refractivity contribution in [2.45, 2.75) is 19.8 Å². The Kier molecular flexibility index (Phi) is 6.38. The number of halogens is 2.